The summed E-state index contributed by atoms with van der Waals surface area (Å²) >= 11 is 0. The number of anilines is 2. The van der Waals surface area contributed by atoms with Gasteiger partial charge in [0, 0.05) is 37.9 Å². The molecule has 178 valence electrons. The van der Waals surface area contributed by atoms with Crippen LogP contribution in [0.4, 0.5) is 17.1 Å². The predicted molar refractivity (Wildman–Crippen MR) is 129 cm³/mol. The first-order valence-corrected chi connectivity index (χ1v) is 12.2. The number of sulfonamides is 1. The maximum absolute atomic E-state index is 12.7. The van der Waals surface area contributed by atoms with E-state index in [4.69, 9.17) is 4.74 Å². The molecule has 0 unspecified atom stereocenters. The summed E-state index contributed by atoms with van der Waals surface area (Å²) in [4.78, 5) is 13.1. The molecule has 0 aliphatic carbocycles. The normalized spacial score (nSPS) is 15.0. The molecule has 1 fully saturated rings. The Labute approximate surface area is 194 Å². The SMILES string of the molecule is CCN(CC)S(=O)(=O)c1ccc(NN=C(C)c2ccc(N3CCOCC3)cc2)c([N+](=O)[O-])c1. The van der Waals surface area contributed by atoms with Crippen molar-refractivity contribution in [2.45, 2.75) is 25.7 Å². The van der Waals surface area contributed by atoms with Crippen LogP contribution >= 0.6 is 0 Å². The first-order valence-electron chi connectivity index (χ1n) is 10.8. The van der Waals surface area contributed by atoms with E-state index < -0.39 is 14.9 Å². The van der Waals surface area contributed by atoms with Crippen LogP contribution in [-0.4, -0.2) is 62.8 Å². The van der Waals surface area contributed by atoms with Crippen LogP contribution < -0.4 is 10.3 Å². The van der Waals surface area contributed by atoms with Gasteiger partial charge in [-0.05, 0) is 36.8 Å². The lowest BCUT2D eigenvalue weighted by molar-refractivity contribution is -0.384. The molecular weight excluding hydrogens is 446 g/mol. The maximum Gasteiger partial charge on any atom is 0.295 e. The monoisotopic (exact) mass is 475 g/mol. The van der Waals surface area contributed by atoms with Gasteiger partial charge in [-0.2, -0.15) is 9.41 Å². The number of hydrogen-bond acceptors (Lipinski definition) is 8. The van der Waals surface area contributed by atoms with Crippen molar-refractivity contribution in [3.05, 3.63) is 58.1 Å². The molecule has 0 aromatic heterocycles. The Morgan fingerprint density at radius 2 is 1.79 bits per heavy atom. The maximum atomic E-state index is 12.7. The molecule has 0 atom stereocenters. The van der Waals surface area contributed by atoms with Crippen LogP contribution in [0.3, 0.4) is 0 Å². The van der Waals surface area contributed by atoms with E-state index in [9.17, 15) is 18.5 Å². The molecule has 0 spiro atoms. The number of nitro groups is 1. The Balaban J connectivity index is 1.80. The Bertz CT molecular complexity index is 1110. The average molecular weight is 476 g/mol. The van der Waals surface area contributed by atoms with Crippen molar-refractivity contribution in [3.8, 4) is 0 Å². The number of hydrogen-bond donors (Lipinski definition) is 1. The summed E-state index contributed by atoms with van der Waals surface area (Å²) in [5.41, 5.74) is 5.07. The summed E-state index contributed by atoms with van der Waals surface area (Å²) in [5.74, 6) is 0. The second-order valence-electron chi connectivity index (χ2n) is 7.48. The molecule has 0 saturated carbocycles. The molecule has 1 saturated heterocycles. The quantitative estimate of drug-likeness (QED) is 0.336. The van der Waals surface area contributed by atoms with Gasteiger partial charge in [0.25, 0.3) is 5.69 Å². The van der Waals surface area contributed by atoms with E-state index in [-0.39, 0.29) is 29.4 Å². The summed E-state index contributed by atoms with van der Waals surface area (Å²) in [5, 5.41) is 15.9. The Hall–Kier alpha value is -3.02. The number of nitrogens with one attached hydrogen (secondary N) is 1. The van der Waals surface area contributed by atoms with E-state index in [1.54, 1.807) is 20.8 Å². The number of nitro benzene ring substituents is 1. The highest BCUT2D eigenvalue weighted by molar-refractivity contribution is 7.89. The van der Waals surface area contributed by atoms with Crippen molar-refractivity contribution >= 4 is 32.8 Å². The van der Waals surface area contributed by atoms with Gasteiger partial charge in [0.1, 0.15) is 5.69 Å². The molecule has 11 heteroatoms. The fourth-order valence-corrected chi connectivity index (χ4v) is 5.05. The van der Waals surface area contributed by atoms with Crippen molar-refractivity contribution in [2.24, 2.45) is 5.10 Å². The van der Waals surface area contributed by atoms with Crippen molar-refractivity contribution in [1.29, 1.82) is 0 Å². The van der Waals surface area contributed by atoms with Crippen LogP contribution in [0, 0.1) is 10.1 Å². The number of rotatable bonds is 9. The molecule has 3 rings (SSSR count). The lowest BCUT2D eigenvalue weighted by Gasteiger charge is -2.28. The molecule has 0 radical (unpaired) electrons. The van der Waals surface area contributed by atoms with Gasteiger partial charge in [-0.1, -0.05) is 26.0 Å². The molecular formula is C22H29N5O5S. The van der Waals surface area contributed by atoms with Crippen molar-refractivity contribution in [1.82, 2.24) is 4.31 Å². The van der Waals surface area contributed by atoms with Crippen molar-refractivity contribution in [2.75, 3.05) is 49.7 Å². The van der Waals surface area contributed by atoms with Crippen LogP contribution in [0.1, 0.15) is 26.3 Å². The summed E-state index contributed by atoms with van der Waals surface area (Å²) in [6, 6.07) is 11.7. The third-order valence-electron chi connectivity index (χ3n) is 5.51. The highest BCUT2D eigenvalue weighted by Crippen LogP contribution is 2.29. The number of morpholine rings is 1. The fraction of sp³-hybridized carbons (Fsp3) is 0.409. The molecule has 1 aliphatic heterocycles. The first-order chi connectivity index (χ1) is 15.8. The van der Waals surface area contributed by atoms with Gasteiger partial charge in [0.2, 0.25) is 10.0 Å². The van der Waals surface area contributed by atoms with Crippen molar-refractivity contribution in [3.63, 3.8) is 0 Å². The lowest BCUT2D eigenvalue weighted by atomic mass is 10.1. The lowest BCUT2D eigenvalue weighted by Crippen LogP contribution is -2.36. The minimum Gasteiger partial charge on any atom is -0.378 e. The van der Waals surface area contributed by atoms with Gasteiger partial charge in [-0.3, -0.25) is 15.5 Å². The number of hydrazone groups is 1. The molecule has 2 aromatic rings. The zero-order valence-electron chi connectivity index (χ0n) is 19.0. The van der Waals surface area contributed by atoms with Crippen LogP contribution in [0.25, 0.3) is 0 Å². The fourth-order valence-electron chi connectivity index (χ4n) is 3.57. The van der Waals surface area contributed by atoms with E-state index in [0.717, 1.165) is 30.4 Å². The second-order valence-corrected chi connectivity index (χ2v) is 9.42. The number of benzene rings is 2. The molecule has 0 bridgehead atoms. The molecule has 10 nitrogen and oxygen atoms in total. The summed E-state index contributed by atoms with van der Waals surface area (Å²) in [6.45, 7) is 8.89. The minimum atomic E-state index is -3.81. The van der Waals surface area contributed by atoms with Crippen LogP contribution in [0.5, 0.6) is 0 Å². The van der Waals surface area contributed by atoms with Gasteiger partial charge in [-0.15, -0.1) is 0 Å². The van der Waals surface area contributed by atoms with Gasteiger partial charge in [0.15, 0.2) is 0 Å². The summed E-state index contributed by atoms with van der Waals surface area (Å²) < 4.78 is 32.1. The number of ether oxygens (including phenoxy) is 1. The van der Waals surface area contributed by atoms with E-state index in [1.807, 2.05) is 24.3 Å². The standard InChI is InChI=1S/C22H29N5O5S/c1-4-26(5-2)33(30,31)20-10-11-21(22(16-20)27(28)29)24-23-17(3)18-6-8-19(9-7-18)25-12-14-32-15-13-25/h6-11,16,24H,4-5,12-15H2,1-3H3. The smallest absolute Gasteiger partial charge is 0.295 e. The van der Waals surface area contributed by atoms with Gasteiger partial charge in [-0.25, -0.2) is 8.42 Å². The van der Waals surface area contributed by atoms with E-state index in [2.05, 4.69) is 15.4 Å². The molecule has 33 heavy (non-hydrogen) atoms. The van der Waals surface area contributed by atoms with E-state index in [1.165, 1.54) is 16.4 Å². The molecule has 0 amide bonds. The minimum absolute atomic E-state index is 0.114. The topological polar surface area (TPSA) is 117 Å². The molecule has 1 heterocycles. The predicted octanol–water partition coefficient (Wildman–Crippen LogP) is 3.30. The van der Waals surface area contributed by atoms with E-state index in [0.29, 0.717) is 18.9 Å². The van der Waals surface area contributed by atoms with Crippen LogP contribution in [0.15, 0.2) is 52.5 Å². The van der Waals surface area contributed by atoms with Gasteiger partial charge < -0.3 is 9.64 Å². The first kappa shape index (κ1) is 24.6. The zero-order chi connectivity index (χ0) is 24.0. The highest BCUT2D eigenvalue weighted by Gasteiger charge is 2.25. The molecule has 1 aliphatic rings. The summed E-state index contributed by atoms with van der Waals surface area (Å²) in [7, 11) is -3.81. The summed E-state index contributed by atoms with van der Waals surface area (Å²) in [6.07, 6.45) is 0. The molecule has 1 N–H and O–H groups in total. The Morgan fingerprint density at radius 3 is 2.36 bits per heavy atom. The van der Waals surface area contributed by atoms with E-state index >= 15 is 0 Å². The second kappa shape index (κ2) is 10.7. The van der Waals surface area contributed by atoms with Crippen LogP contribution in [0.2, 0.25) is 0 Å². The Morgan fingerprint density at radius 1 is 1.15 bits per heavy atom. The third kappa shape index (κ3) is 5.67. The molecule has 2 aromatic carbocycles. The van der Waals surface area contributed by atoms with Crippen LogP contribution in [-0.2, 0) is 14.8 Å². The Kier molecular flexibility index (Phi) is 8.01. The van der Waals surface area contributed by atoms with Gasteiger partial charge >= 0.3 is 0 Å². The van der Waals surface area contributed by atoms with Gasteiger partial charge in [0.05, 0.1) is 28.7 Å². The number of nitrogens with zero attached hydrogens (tertiary/aromatic N) is 4. The largest absolute Gasteiger partial charge is 0.378 e. The highest BCUT2D eigenvalue weighted by atomic mass is 32.2. The average Bonchev–Trinajstić information content (AvgIpc) is 2.83. The van der Waals surface area contributed by atoms with Crippen molar-refractivity contribution < 1.29 is 18.1 Å². The zero-order valence-corrected chi connectivity index (χ0v) is 19.8. The third-order valence-corrected chi connectivity index (χ3v) is 7.56.